The maximum atomic E-state index is 12.2. The van der Waals surface area contributed by atoms with E-state index in [0.29, 0.717) is 23.2 Å². The predicted octanol–water partition coefficient (Wildman–Crippen LogP) is 0.946. The van der Waals surface area contributed by atoms with Crippen LogP contribution in [0.3, 0.4) is 0 Å². The molecule has 0 spiro atoms. The molecule has 1 fully saturated rings. The Kier molecular flexibility index (Phi) is 4.26. The van der Waals surface area contributed by atoms with Crippen molar-refractivity contribution < 1.29 is 9.53 Å². The van der Waals surface area contributed by atoms with E-state index in [1.165, 1.54) is 11.3 Å². The normalized spacial score (nSPS) is 20.3. The summed E-state index contributed by atoms with van der Waals surface area (Å²) in [5, 5.41) is 3.72. The monoisotopic (exact) mass is 284 g/mol. The lowest BCUT2D eigenvalue weighted by atomic mass is 10.0. The molecule has 0 saturated carbocycles. The topological polar surface area (TPSA) is 80.5 Å². The summed E-state index contributed by atoms with van der Waals surface area (Å²) in [5.74, 6) is 0.523. The fraction of sp³-hybridized carbons (Fsp3) is 0.667. The molecule has 1 amide bonds. The lowest BCUT2D eigenvalue weighted by Gasteiger charge is -2.18. The summed E-state index contributed by atoms with van der Waals surface area (Å²) < 4.78 is 5.33. The lowest BCUT2D eigenvalue weighted by molar-refractivity contribution is 0.0927. The van der Waals surface area contributed by atoms with E-state index in [1.54, 1.807) is 0 Å². The van der Waals surface area contributed by atoms with Gasteiger partial charge in [0, 0.05) is 32.7 Å². The van der Waals surface area contributed by atoms with Crippen molar-refractivity contribution >= 4 is 28.2 Å². The maximum Gasteiger partial charge on any atom is 0.265 e. The lowest BCUT2D eigenvalue weighted by Crippen LogP contribution is -2.38. The molecule has 3 N–H and O–H groups in total. The molecule has 1 saturated heterocycles. The average Bonchev–Trinajstić information content (AvgIpc) is 2.97. The molecule has 1 aliphatic rings. The Morgan fingerprint density at radius 1 is 1.63 bits per heavy atom. The number of hydrogen-bond donors (Lipinski definition) is 2. The van der Waals surface area contributed by atoms with E-state index in [2.05, 4.69) is 10.3 Å². The fourth-order valence-electron chi connectivity index (χ4n) is 2.01. The van der Waals surface area contributed by atoms with Crippen molar-refractivity contribution in [2.45, 2.75) is 19.4 Å². The van der Waals surface area contributed by atoms with E-state index in [9.17, 15) is 4.79 Å². The Balaban J connectivity index is 2.02. The van der Waals surface area contributed by atoms with E-state index in [0.717, 1.165) is 18.2 Å². The summed E-state index contributed by atoms with van der Waals surface area (Å²) in [6.07, 6.45) is 0.989. The van der Waals surface area contributed by atoms with Gasteiger partial charge in [-0.1, -0.05) is 11.3 Å². The molecular formula is C12H20N4O2S. The zero-order chi connectivity index (χ0) is 14.0. The number of aromatic nitrogens is 1. The molecule has 1 aromatic rings. The van der Waals surface area contributed by atoms with Gasteiger partial charge in [-0.25, -0.2) is 4.98 Å². The minimum absolute atomic E-state index is 0.0827. The first kappa shape index (κ1) is 14.1. The minimum Gasteiger partial charge on any atom is -0.382 e. The van der Waals surface area contributed by atoms with Gasteiger partial charge in [0.05, 0.1) is 6.61 Å². The third-order valence-corrected chi connectivity index (χ3v) is 4.50. The molecule has 0 radical (unpaired) electrons. The number of thiazole rings is 1. The first-order valence-corrected chi connectivity index (χ1v) is 7.13. The SMILES string of the molecule is CC(NC(=O)c1sc(N(C)C)nc1N)C1CCOC1. The van der Waals surface area contributed by atoms with Crippen molar-refractivity contribution in [2.24, 2.45) is 5.92 Å². The van der Waals surface area contributed by atoms with Gasteiger partial charge in [-0.05, 0) is 13.3 Å². The number of rotatable bonds is 4. The summed E-state index contributed by atoms with van der Waals surface area (Å²) in [5.41, 5.74) is 5.80. The predicted molar refractivity (Wildman–Crippen MR) is 76.7 cm³/mol. The molecule has 6 nitrogen and oxygen atoms in total. The minimum atomic E-state index is -0.150. The first-order valence-electron chi connectivity index (χ1n) is 6.31. The quantitative estimate of drug-likeness (QED) is 0.860. The largest absolute Gasteiger partial charge is 0.382 e. The number of anilines is 2. The summed E-state index contributed by atoms with van der Waals surface area (Å²) in [4.78, 5) is 18.7. The van der Waals surface area contributed by atoms with Crippen LogP contribution in [0.4, 0.5) is 10.9 Å². The van der Waals surface area contributed by atoms with Crippen LogP contribution in [-0.2, 0) is 4.74 Å². The molecule has 1 aliphatic heterocycles. The molecule has 19 heavy (non-hydrogen) atoms. The molecule has 106 valence electrons. The van der Waals surface area contributed by atoms with Gasteiger partial charge in [0.25, 0.3) is 5.91 Å². The van der Waals surface area contributed by atoms with Crippen LogP contribution in [0.25, 0.3) is 0 Å². The van der Waals surface area contributed by atoms with Crippen LogP contribution >= 0.6 is 11.3 Å². The molecule has 2 atom stereocenters. The van der Waals surface area contributed by atoms with Crippen LogP contribution in [0.15, 0.2) is 0 Å². The Morgan fingerprint density at radius 3 is 2.89 bits per heavy atom. The molecule has 0 aromatic carbocycles. The zero-order valence-electron chi connectivity index (χ0n) is 11.5. The number of nitrogen functional groups attached to an aromatic ring is 1. The van der Waals surface area contributed by atoms with Crippen LogP contribution in [0.5, 0.6) is 0 Å². The first-order chi connectivity index (χ1) is 8.99. The number of nitrogens with zero attached hydrogens (tertiary/aromatic N) is 2. The van der Waals surface area contributed by atoms with Crippen LogP contribution in [-0.4, -0.2) is 44.2 Å². The number of amides is 1. The van der Waals surface area contributed by atoms with Crippen molar-refractivity contribution in [1.82, 2.24) is 10.3 Å². The second-order valence-electron chi connectivity index (χ2n) is 4.99. The number of ether oxygens (including phenoxy) is 1. The average molecular weight is 284 g/mol. The molecule has 7 heteroatoms. The summed E-state index contributed by atoms with van der Waals surface area (Å²) >= 11 is 1.31. The van der Waals surface area contributed by atoms with E-state index >= 15 is 0 Å². The van der Waals surface area contributed by atoms with E-state index in [4.69, 9.17) is 10.5 Å². The zero-order valence-corrected chi connectivity index (χ0v) is 12.3. The number of nitrogens with two attached hydrogens (primary N) is 1. The highest BCUT2D eigenvalue weighted by atomic mass is 32.1. The van der Waals surface area contributed by atoms with Gasteiger partial charge in [0.15, 0.2) is 5.13 Å². The van der Waals surface area contributed by atoms with Gasteiger partial charge in [-0.15, -0.1) is 0 Å². The third-order valence-electron chi connectivity index (χ3n) is 3.26. The smallest absolute Gasteiger partial charge is 0.265 e. The van der Waals surface area contributed by atoms with E-state index in [-0.39, 0.29) is 11.9 Å². The number of nitrogens with one attached hydrogen (secondary N) is 1. The molecule has 0 bridgehead atoms. The third kappa shape index (κ3) is 3.16. The van der Waals surface area contributed by atoms with Gasteiger partial charge in [0.1, 0.15) is 10.7 Å². The highest BCUT2D eigenvalue weighted by molar-refractivity contribution is 7.18. The molecule has 2 rings (SSSR count). The van der Waals surface area contributed by atoms with Crippen molar-refractivity contribution in [3.63, 3.8) is 0 Å². The molecule has 0 aliphatic carbocycles. The van der Waals surface area contributed by atoms with E-state index in [1.807, 2.05) is 25.9 Å². The number of carbonyl (C=O) groups excluding carboxylic acids is 1. The highest BCUT2D eigenvalue weighted by Gasteiger charge is 2.25. The summed E-state index contributed by atoms with van der Waals surface area (Å²) in [7, 11) is 3.75. The van der Waals surface area contributed by atoms with Gasteiger partial charge < -0.3 is 20.7 Å². The second kappa shape index (κ2) is 5.75. The van der Waals surface area contributed by atoms with Crippen LogP contribution in [0.2, 0.25) is 0 Å². The molecule has 2 unspecified atom stereocenters. The van der Waals surface area contributed by atoms with Crippen LogP contribution in [0, 0.1) is 5.92 Å². The fourth-order valence-corrected chi connectivity index (χ4v) is 2.82. The van der Waals surface area contributed by atoms with Crippen LogP contribution < -0.4 is 16.0 Å². The second-order valence-corrected chi connectivity index (χ2v) is 5.97. The maximum absolute atomic E-state index is 12.2. The highest BCUT2D eigenvalue weighted by Crippen LogP contribution is 2.27. The Hall–Kier alpha value is -1.34. The van der Waals surface area contributed by atoms with Crippen molar-refractivity contribution in [3.05, 3.63) is 4.88 Å². The summed E-state index contributed by atoms with van der Waals surface area (Å²) in [6, 6.07) is 0.0827. The molecular weight excluding hydrogens is 264 g/mol. The number of hydrogen-bond acceptors (Lipinski definition) is 6. The van der Waals surface area contributed by atoms with Gasteiger partial charge >= 0.3 is 0 Å². The molecule has 1 aromatic heterocycles. The Labute approximate surface area is 116 Å². The van der Waals surface area contributed by atoms with E-state index < -0.39 is 0 Å². The Morgan fingerprint density at radius 2 is 2.37 bits per heavy atom. The van der Waals surface area contributed by atoms with Crippen LogP contribution in [0.1, 0.15) is 23.0 Å². The van der Waals surface area contributed by atoms with Gasteiger partial charge in [0.2, 0.25) is 0 Å². The van der Waals surface area contributed by atoms with Crippen molar-refractivity contribution in [1.29, 1.82) is 0 Å². The van der Waals surface area contributed by atoms with Gasteiger partial charge in [-0.3, -0.25) is 4.79 Å². The standard InChI is InChI=1S/C12H20N4O2S/c1-7(8-4-5-18-6-8)14-11(17)9-10(13)15-12(19-9)16(2)3/h7-8H,4-6,13H2,1-3H3,(H,14,17). The molecule has 2 heterocycles. The van der Waals surface area contributed by atoms with Gasteiger partial charge in [-0.2, -0.15) is 0 Å². The Bertz CT molecular complexity index is 455. The van der Waals surface area contributed by atoms with Crippen molar-refractivity contribution in [2.75, 3.05) is 37.9 Å². The van der Waals surface area contributed by atoms with Crippen molar-refractivity contribution in [3.8, 4) is 0 Å². The number of carbonyl (C=O) groups is 1. The summed E-state index contributed by atoms with van der Waals surface area (Å²) in [6.45, 7) is 3.49.